The van der Waals surface area contributed by atoms with Crippen LogP contribution in [0.5, 0.6) is 0 Å². The highest BCUT2D eigenvalue weighted by atomic mass is 79.9. The third kappa shape index (κ3) is 2.27. The monoisotopic (exact) mass is 310 g/mol. The molecule has 0 aliphatic heterocycles. The van der Waals surface area contributed by atoms with Crippen molar-refractivity contribution in [1.82, 2.24) is 9.78 Å². The summed E-state index contributed by atoms with van der Waals surface area (Å²) in [5.74, 6) is 0.0477. The van der Waals surface area contributed by atoms with E-state index in [1.54, 1.807) is 4.68 Å². The van der Waals surface area contributed by atoms with Crippen LogP contribution in [0.4, 0.5) is 0 Å². The van der Waals surface area contributed by atoms with Gasteiger partial charge in [-0.2, -0.15) is 5.10 Å². The number of nitrogens with zero attached hydrogens (tertiary/aromatic N) is 2. The molecule has 0 spiro atoms. The molecular weight excluding hydrogens is 296 g/mol. The van der Waals surface area contributed by atoms with Gasteiger partial charge >= 0.3 is 5.97 Å². The minimum atomic E-state index is -0.356. The summed E-state index contributed by atoms with van der Waals surface area (Å²) in [5.41, 5.74) is 1.30. The van der Waals surface area contributed by atoms with Gasteiger partial charge in [0.05, 0.1) is 12.6 Å². The van der Waals surface area contributed by atoms with Gasteiger partial charge < -0.3 is 4.74 Å². The van der Waals surface area contributed by atoms with Crippen molar-refractivity contribution in [2.75, 3.05) is 7.11 Å². The second-order valence-corrected chi connectivity index (χ2v) is 5.40. The van der Waals surface area contributed by atoms with Crippen molar-refractivity contribution in [2.24, 2.45) is 5.92 Å². The Balaban J connectivity index is 2.70. The lowest BCUT2D eigenvalue weighted by atomic mass is 10.2. The minimum absolute atomic E-state index is 0.356. The molecular formula is C13H15BrN2O2. The molecule has 0 saturated carbocycles. The van der Waals surface area contributed by atoms with Crippen LogP contribution in [0.2, 0.25) is 0 Å². The van der Waals surface area contributed by atoms with E-state index in [0.717, 1.165) is 15.4 Å². The highest BCUT2D eigenvalue weighted by Gasteiger charge is 2.21. The number of fused-ring (bicyclic) bond motifs is 1. The van der Waals surface area contributed by atoms with Crippen LogP contribution in [0.25, 0.3) is 10.9 Å². The number of methoxy groups -OCH3 is 1. The first-order chi connectivity index (χ1) is 8.54. The first-order valence-corrected chi connectivity index (χ1v) is 6.57. The fourth-order valence-corrected chi connectivity index (χ4v) is 2.47. The molecule has 96 valence electrons. The number of benzene rings is 1. The Kier molecular flexibility index (Phi) is 3.71. The Hall–Kier alpha value is -1.36. The van der Waals surface area contributed by atoms with E-state index in [0.29, 0.717) is 18.2 Å². The number of rotatable bonds is 3. The van der Waals surface area contributed by atoms with Crippen LogP contribution in [-0.2, 0) is 11.3 Å². The van der Waals surface area contributed by atoms with Crippen LogP contribution in [0.1, 0.15) is 24.3 Å². The van der Waals surface area contributed by atoms with Crippen LogP contribution >= 0.6 is 15.9 Å². The number of carbonyl (C=O) groups excluding carboxylic acids is 1. The van der Waals surface area contributed by atoms with Crippen LogP contribution in [0, 0.1) is 5.92 Å². The van der Waals surface area contributed by atoms with Gasteiger partial charge in [-0.25, -0.2) is 4.79 Å². The number of hydrogen-bond acceptors (Lipinski definition) is 3. The molecule has 0 aliphatic rings. The van der Waals surface area contributed by atoms with E-state index in [2.05, 4.69) is 34.9 Å². The number of aromatic nitrogens is 2. The normalized spacial score (nSPS) is 11.2. The molecule has 0 atom stereocenters. The predicted molar refractivity (Wildman–Crippen MR) is 73.6 cm³/mol. The minimum Gasteiger partial charge on any atom is -0.464 e. The second-order valence-electron chi connectivity index (χ2n) is 4.55. The molecule has 0 fully saturated rings. The van der Waals surface area contributed by atoms with Crippen molar-refractivity contribution < 1.29 is 9.53 Å². The van der Waals surface area contributed by atoms with Crippen molar-refractivity contribution in [1.29, 1.82) is 0 Å². The van der Waals surface area contributed by atoms with Crippen molar-refractivity contribution in [3.63, 3.8) is 0 Å². The molecule has 0 bridgehead atoms. The summed E-state index contributed by atoms with van der Waals surface area (Å²) in [4.78, 5) is 11.9. The molecule has 0 unspecified atom stereocenters. The molecule has 1 heterocycles. The van der Waals surface area contributed by atoms with E-state index < -0.39 is 0 Å². The van der Waals surface area contributed by atoms with Crippen molar-refractivity contribution >= 4 is 32.8 Å². The third-order valence-corrected chi connectivity index (χ3v) is 3.29. The Labute approximate surface area is 114 Å². The summed E-state index contributed by atoms with van der Waals surface area (Å²) in [6.45, 7) is 4.86. The highest BCUT2D eigenvalue weighted by Crippen LogP contribution is 2.28. The average molecular weight is 311 g/mol. The molecule has 5 heteroatoms. The molecule has 18 heavy (non-hydrogen) atoms. The Bertz CT molecular complexity index is 590. The van der Waals surface area contributed by atoms with Crippen LogP contribution in [0.15, 0.2) is 22.7 Å². The van der Waals surface area contributed by atoms with Crippen molar-refractivity contribution in [2.45, 2.75) is 20.4 Å². The van der Waals surface area contributed by atoms with Crippen molar-refractivity contribution in [3.05, 3.63) is 28.4 Å². The summed E-state index contributed by atoms with van der Waals surface area (Å²) >= 11 is 3.46. The topological polar surface area (TPSA) is 44.1 Å². The average Bonchev–Trinajstić information content (AvgIpc) is 2.66. The summed E-state index contributed by atoms with van der Waals surface area (Å²) in [6, 6.07) is 5.69. The quantitative estimate of drug-likeness (QED) is 0.817. The molecule has 2 aromatic rings. The Morgan fingerprint density at radius 2 is 2.22 bits per heavy atom. The molecule has 0 amide bonds. The SMILES string of the molecule is COC(=O)c1c2c(Br)cccc2nn1CC(C)C. The van der Waals surface area contributed by atoms with Crippen molar-refractivity contribution in [3.8, 4) is 0 Å². The van der Waals surface area contributed by atoms with E-state index in [1.807, 2.05) is 18.2 Å². The molecule has 2 rings (SSSR count). The maximum Gasteiger partial charge on any atom is 0.357 e. The number of halogens is 1. The molecule has 4 nitrogen and oxygen atoms in total. The molecule has 0 saturated heterocycles. The first-order valence-electron chi connectivity index (χ1n) is 5.78. The van der Waals surface area contributed by atoms with Crippen LogP contribution in [-0.4, -0.2) is 22.9 Å². The molecule has 0 aliphatic carbocycles. The Morgan fingerprint density at radius 1 is 1.50 bits per heavy atom. The lowest BCUT2D eigenvalue weighted by Crippen LogP contribution is -2.15. The van der Waals surface area contributed by atoms with Gasteiger partial charge in [0, 0.05) is 16.4 Å². The van der Waals surface area contributed by atoms with E-state index in [1.165, 1.54) is 7.11 Å². The zero-order chi connectivity index (χ0) is 13.3. The first kappa shape index (κ1) is 13.1. The third-order valence-electron chi connectivity index (χ3n) is 2.63. The van der Waals surface area contributed by atoms with E-state index in [-0.39, 0.29) is 5.97 Å². The van der Waals surface area contributed by atoms with Gasteiger partial charge in [0.2, 0.25) is 0 Å². The zero-order valence-electron chi connectivity index (χ0n) is 10.6. The number of carbonyl (C=O) groups is 1. The van der Waals surface area contributed by atoms with E-state index >= 15 is 0 Å². The Morgan fingerprint density at radius 3 is 2.83 bits per heavy atom. The predicted octanol–water partition coefficient (Wildman–Crippen LogP) is 3.24. The van der Waals surface area contributed by atoms with Gasteiger partial charge in [-0.15, -0.1) is 0 Å². The maximum absolute atomic E-state index is 11.9. The summed E-state index contributed by atoms with van der Waals surface area (Å²) in [5, 5.41) is 5.28. The number of ether oxygens (including phenoxy) is 1. The van der Waals surface area contributed by atoms with Crippen LogP contribution in [0.3, 0.4) is 0 Å². The van der Waals surface area contributed by atoms with Gasteiger partial charge in [0.15, 0.2) is 5.69 Å². The van der Waals surface area contributed by atoms with Gasteiger partial charge in [0.25, 0.3) is 0 Å². The fourth-order valence-electron chi connectivity index (χ4n) is 1.92. The smallest absolute Gasteiger partial charge is 0.357 e. The lowest BCUT2D eigenvalue weighted by Gasteiger charge is -2.08. The van der Waals surface area contributed by atoms with E-state index in [4.69, 9.17) is 4.74 Å². The van der Waals surface area contributed by atoms with Gasteiger partial charge in [-0.3, -0.25) is 4.68 Å². The second kappa shape index (κ2) is 5.10. The molecule has 1 aromatic heterocycles. The number of esters is 1. The molecule has 0 radical (unpaired) electrons. The summed E-state index contributed by atoms with van der Waals surface area (Å²) in [7, 11) is 1.39. The highest BCUT2D eigenvalue weighted by molar-refractivity contribution is 9.10. The van der Waals surface area contributed by atoms with E-state index in [9.17, 15) is 4.79 Å². The standard InChI is InChI=1S/C13H15BrN2O2/c1-8(2)7-16-12(13(17)18-3)11-9(14)5-4-6-10(11)15-16/h4-6,8H,7H2,1-3H3. The van der Waals surface area contributed by atoms with Crippen LogP contribution < -0.4 is 0 Å². The fraction of sp³-hybridized carbons (Fsp3) is 0.385. The zero-order valence-corrected chi connectivity index (χ0v) is 12.2. The summed E-state index contributed by atoms with van der Waals surface area (Å²) < 4.78 is 7.44. The maximum atomic E-state index is 11.9. The van der Waals surface area contributed by atoms with Gasteiger partial charge in [-0.1, -0.05) is 35.8 Å². The molecule has 1 aromatic carbocycles. The summed E-state index contributed by atoms with van der Waals surface area (Å²) in [6.07, 6.45) is 0. The largest absolute Gasteiger partial charge is 0.464 e. The van der Waals surface area contributed by atoms with Gasteiger partial charge in [-0.05, 0) is 18.1 Å². The number of hydrogen-bond donors (Lipinski definition) is 0. The molecule has 0 N–H and O–H groups in total. The lowest BCUT2D eigenvalue weighted by molar-refractivity contribution is 0.0588. The van der Waals surface area contributed by atoms with Gasteiger partial charge in [0.1, 0.15) is 0 Å².